The number of nitrogens with zero attached hydrogens (tertiary/aromatic N) is 1. The van der Waals surface area contributed by atoms with E-state index in [1.807, 2.05) is 6.20 Å². The highest BCUT2D eigenvalue weighted by Gasteiger charge is 2.09. The minimum Gasteiger partial charge on any atom is -0.380 e. The van der Waals surface area contributed by atoms with Gasteiger partial charge in [-0.3, -0.25) is 0 Å². The summed E-state index contributed by atoms with van der Waals surface area (Å²) in [5.74, 6) is 0. The first-order chi connectivity index (χ1) is 9.13. The van der Waals surface area contributed by atoms with E-state index in [-0.39, 0.29) is 0 Å². The Kier molecular flexibility index (Phi) is 5.25. The zero-order valence-corrected chi connectivity index (χ0v) is 14.1. The predicted molar refractivity (Wildman–Crippen MR) is 87.3 cm³/mol. The van der Waals surface area contributed by atoms with Gasteiger partial charge in [-0.25, -0.2) is 4.98 Å². The van der Waals surface area contributed by atoms with Crippen LogP contribution in [0.1, 0.15) is 29.9 Å². The standard InChI is InChI=1S/C14H16BrClN2S/c1-3-9-5-11(15)6-10(4-2)13(9)17-7-12-8-18-14(16)19-12/h5-6,8,17H,3-4,7H2,1-2H3. The lowest BCUT2D eigenvalue weighted by atomic mass is 10.0. The molecule has 1 N–H and O–H groups in total. The normalized spacial score (nSPS) is 10.7. The number of hydrogen-bond donors (Lipinski definition) is 1. The zero-order chi connectivity index (χ0) is 13.8. The molecule has 2 nitrogen and oxygen atoms in total. The first-order valence-electron chi connectivity index (χ1n) is 6.29. The summed E-state index contributed by atoms with van der Waals surface area (Å²) in [5, 5.41) is 3.53. The Balaban J connectivity index is 2.23. The SMILES string of the molecule is CCc1cc(Br)cc(CC)c1NCc1cnc(Cl)s1. The van der Waals surface area contributed by atoms with Crippen LogP contribution in [0.4, 0.5) is 5.69 Å². The summed E-state index contributed by atoms with van der Waals surface area (Å²) in [4.78, 5) is 5.21. The number of hydrogen-bond acceptors (Lipinski definition) is 3. The molecule has 102 valence electrons. The Morgan fingerprint density at radius 3 is 2.37 bits per heavy atom. The molecule has 1 aromatic heterocycles. The van der Waals surface area contributed by atoms with E-state index in [4.69, 9.17) is 11.6 Å². The molecule has 5 heteroatoms. The van der Waals surface area contributed by atoms with Gasteiger partial charge in [0.05, 0.1) is 6.54 Å². The fourth-order valence-corrected chi connectivity index (χ4v) is 3.52. The summed E-state index contributed by atoms with van der Waals surface area (Å²) in [7, 11) is 0. The molecular weight excluding hydrogens is 344 g/mol. The van der Waals surface area contributed by atoms with E-state index < -0.39 is 0 Å². The van der Waals surface area contributed by atoms with Gasteiger partial charge in [-0.05, 0) is 36.1 Å². The van der Waals surface area contributed by atoms with Gasteiger partial charge in [0.25, 0.3) is 0 Å². The Labute approximate surface area is 131 Å². The molecule has 0 atom stereocenters. The van der Waals surface area contributed by atoms with E-state index in [1.54, 1.807) is 0 Å². The van der Waals surface area contributed by atoms with Crippen molar-refractivity contribution in [3.63, 3.8) is 0 Å². The van der Waals surface area contributed by atoms with Crippen LogP contribution in [0.25, 0.3) is 0 Å². The Bertz CT molecular complexity index is 543. The highest BCUT2D eigenvalue weighted by atomic mass is 79.9. The molecular formula is C14H16BrClN2S. The van der Waals surface area contributed by atoms with Gasteiger partial charge in [0.15, 0.2) is 4.47 Å². The number of aryl methyl sites for hydroxylation is 2. The van der Waals surface area contributed by atoms with Crippen molar-refractivity contribution in [1.82, 2.24) is 4.98 Å². The molecule has 19 heavy (non-hydrogen) atoms. The number of benzene rings is 1. The Hall–Kier alpha value is -0.580. The monoisotopic (exact) mass is 358 g/mol. The molecule has 0 bridgehead atoms. The maximum Gasteiger partial charge on any atom is 0.183 e. The largest absolute Gasteiger partial charge is 0.380 e. The first-order valence-corrected chi connectivity index (χ1v) is 8.28. The van der Waals surface area contributed by atoms with Crippen LogP contribution < -0.4 is 5.32 Å². The second-order valence-corrected chi connectivity index (χ2v) is 6.85. The van der Waals surface area contributed by atoms with Crippen LogP contribution in [0.5, 0.6) is 0 Å². The zero-order valence-electron chi connectivity index (χ0n) is 11.0. The van der Waals surface area contributed by atoms with Crippen LogP contribution in [-0.4, -0.2) is 4.98 Å². The minimum atomic E-state index is 0.596. The van der Waals surface area contributed by atoms with Crippen molar-refractivity contribution in [3.8, 4) is 0 Å². The van der Waals surface area contributed by atoms with E-state index in [0.29, 0.717) is 4.47 Å². The van der Waals surface area contributed by atoms with E-state index >= 15 is 0 Å². The van der Waals surface area contributed by atoms with E-state index in [0.717, 1.165) is 28.7 Å². The number of rotatable bonds is 5. The van der Waals surface area contributed by atoms with Crippen molar-refractivity contribution in [2.24, 2.45) is 0 Å². The van der Waals surface area contributed by atoms with Crippen LogP contribution >= 0.6 is 38.9 Å². The Morgan fingerprint density at radius 1 is 1.26 bits per heavy atom. The van der Waals surface area contributed by atoms with Crippen LogP contribution in [0.3, 0.4) is 0 Å². The highest BCUT2D eigenvalue weighted by Crippen LogP contribution is 2.28. The lowest BCUT2D eigenvalue weighted by Gasteiger charge is -2.15. The van der Waals surface area contributed by atoms with Crippen molar-refractivity contribution in [2.75, 3.05) is 5.32 Å². The van der Waals surface area contributed by atoms with Gasteiger partial charge in [-0.1, -0.05) is 41.4 Å². The molecule has 0 fully saturated rings. The Morgan fingerprint density at radius 2 is 1.89 bits per heavy atom. The molecule has 1 aromatic carbocycles. The molecule has 0 amide bonds. The van der Waals surface area contributed by atoms with Crippen LogP contribution in [0, 0.1) is 0 Å². The average molecular weight is 360 g/mol. The molecule has 0 radical (unpaired) electrons. The minimum absolute atomic E-state index is 0.596. The van der Waals surface area contributed by atoms with Crippen LogP contribution in [0.2, 0.25) is 4.47 Å². The third-order valence-electron chi connectivity index (χ3n) is 2.99. The molecule has 0 aliphatic rings. The fraction of sp³-hybridized carbons (Fsp3) is 0.357. The maximum absolute atomic E-state index is 5.85. The third-order valence-corrected chi connectivity index (χ3v) is 4.57. The topological polar surface area (TPSA) is 24.9 Å². The summed E-state index contributed by atoms with van der Waals surface area (Å²) in [6.45, 7) is 5.12. The molecule has 0 aliphatic heterocycles. The van der Waals surface area contributed by atoms with Gasteiger partial charge < -0.3 is 5.32 Å². The first kappa shape index (κ1) is 14.8. The van der Waals surface area contributed by atoms with Crippen molar-refractivity contribution >= 4 is 44.6 Å². The van der Waals surface area contributed by atoms with E-state index in [9.17, 15) is 0 Å². The molecule has 2 aromatic rings. The summed E-state index contributed by atoms with van der Waals surface area (Å²) in [5.41, 5.74) is 3.92. The van der Waals surface area contributed by atoms with Gasteiger partial charge in [0.1, 0.15) is 0 Å². The quantitative estimate of drug-likeness (QED) is 0.784. The number of nitrogens with one attached hydrogen (secondary N) is 1. The second kappa shape index (κ2) is 6.73. The lowest BCUT2D eigenvalue weighted by Crippen LogP contribution is -2.04. The molecule has 0 aliphatic carbocycles. The summed E-state index contributed by atoms with van der Waals surface area (Å²) >= 11 is 10.9. The van der Waals surface area contributed by atoms with Gasteiger partial charge in [-0.15, -0.1) is 11.3 Å². The van der Waals surface area contributed by atoms with Crippen molar-refractivity contribution < 1.29 is 0 Å². The van der Waals surface area contributed by atoms with E-state index in [1.165, 1.54) is 28.2 Å². The van der Waals surface area contributed by atoms with Crippen LogP contribution in [-0.2, 0) is 19.4 Å². The van der Waals surface area contributed by atoms with Crippen molar-refractivity contribution in [2.45, 2.75) is 33.2 Å². The second-order valence-electron chi connectivity index (χ2n) is 4.24. The molecule has 2 rings (SSSR count). The number of thiazole rings is 1. The summed E-state index contributed by atoms with van der Waals surface area (Å²) in [6, 6.07) is 4.36. The molecule has 0 saturated carbocycles. The summed E-state index contributed by atoms with van der Waals surface area (Å²) in [6.07, 6.45) is 3.85. The van der Waals surface area contributed by atoms with E-state index in [2.05, 4.69) is 52.2 Å². The average Bonchev–Trinajstić information content (AvgIpc) is 2.81. The maximum atomic E-state index is 5.85. The fourth-order valence-electron chi connectivity index (χ4n) is 2.05. The number of aromatic nitrogens is 1. The molecule has 0 unspecified atom stereocenters. The molecule has 0 spiro atoms. The predicted octanol–water partition coefficient (Wildman–Crippen LogP) is 5.30. The van der Waals surface area contributed by atoms with Gasteiger partial charge in [0, 0.05) is 21.2 Å². The lowest BCUT2D eigenvalue weighted by molar-refractivity contribution is 1.05. The van der Waals surface area contributed by atoms with Gasteiger partial charge >= 0.3 is 0 Å². The highest BCUT2D eigenvalue weighted by molar-refractivity contribution is 9.10. The van der Waals surface area contributed by atoms with Gasteiger partial charge in [0.2, 0.25) is 0 Å². The van der Waals surface area contributed by atoms with Crippen LogP contribution in [0.15, 0.2) is 22.8 Å². The number of anilines is 1. The smallest absolute Gasteiger partial charge is 0.183 e. The summed E-state index contributed by atoms with van der Waals surface area (Å²) < 4.78 is 1.74. The van der Waals surface area contributed by atoms with Gasteiger partial charge in [-0.2, -0.15) is 0 Å². The molecule has 0 saturated heterocycles. The molecule has 1 heterocycles. The third kappa shape index (κ3) is 3.71. The number of halogens is 2. The van der Waals surface area contributed by atoms with Crippen molar-refractivity contribution in [1.29, 1.82) is 0 Å². The van der Waals surface area contributed by atoms with Crippen molar-refractivity contribution in [3.05, 3.63) is 43.3 Å².